The molecule has 1 saturated carbocycles. The third kappa shape index (κ3) is 3.22. The molecule has 1 fully saturated rings. The number of nitrogens with zero attached hydrogens (tertiary/aromatic N) is 2. The van der Waals surface area contributed by atoms with Crippen molar-refractivity contribution in [2.45, 2.75) is 31.8 Å². The third-order valence-electron chi connectivity index (χ3n) is 3.72. The average Bonchev–Trinajstić information content (AvgIpc) is 2.40. The van der Waals surface area contributed by atoms with Gasteiger partial charge in [-0.2, -0.15) is 5.10 Å². The van der Waals surface area contributed by atoms with Crippen molar-refractivity contribution in [2.75, 3.05) is 5.32 Å². The van der Waals surface area contributed by atoms with Crippen molar-refractivity contribution in [3.8, 4) is 0 Å². The molecule has 1 aromatic carbocycles. The summed E-state index contributed by atoms with van der Waals surface area (Å²) in [6, 6.07) is 7.31. The molecular weight excluding hydrogens is 309 g/mol. The van der Waals surface area contributed by atoms with Crippen LogP contribution in [0.4, 0.5) is 5.69 Å². The van der Waals surface area contributed by atoms with Crippen molar-refractivity contribution < 1.29 is 0 Å². The predicted molar refractivity (Wildman–Crippen MR) is 85.3 cm³/mol. The molecule has 6 heteroatoms. The second-order valence-corrected chi connectivity index (χ2v) is 6.03. The summed E-state index contributed by atoms with van der Waals surface area (Å²) in [6.07, 6.45) is 5.22. The summed E-state index contributed by atoms with van der Waals surface area (Å²) in [6.45, 7) is 0.265. The molecule has 0 unspecified atom stereocenters. The Balaban J connectivity index is 1.81. The van der Waals surface area contributed by atoms with Crippen LogP contribution in [0.2, 0.25) is 10.0 Å². The lowest BCUT2D eigenvalue weighted by molar-refractivity contribution is 0.445. The predicted octanol–water partition coefficient (Wildman–Crippen LogP) is 3.56. The normalized spacial score (nSPS) is 14.8. The Kier molecular flexibility index (Phi) is 4.17. The molecule has 0 amide bonds. The Labute approximate surface area is 132 Å². The van der Waals surface area contributed by atoms with E-state index in [0.717, 1.165) is 18.5 Å². The van der Waals surface area contributed by atoms with Crippen molar-refractivity contribution in [3.63, 3.8) is 0 Å². The maximum absolute atomic E-state index is 12.1. The number of aromatic nitrogens is 2. The second-order valence-electron chi connectivity index (χ2n) is 5.21. The molecule has 0 radical (unpaired) electrons. The van der Waals surface area contributed by atoms with E-state index in [2.05, 4.69) is 10.4 Å². The highest BCUT2D eigenvalue weighted by Gasteiger charge is 2.17. The molecular formula is C15H15Cl2N3O. The molecule has 0 spiro atoms. The van der Waals surface area contributed by atoms with Gasteiger partial charge in [0.1, 0.15) is 0 Å². The SMILES string of the molecule is O=c1cc(NC2CCC2)cnn1Cc1c(Cl)cccc1Cl. The number of rotatable bonds is 4. The highest BCUT2D eigenvalue weighted by atomic mass is 35.5. The smallest absolute Gasteiger partial charge is 0.269 e. The monoisotopic (exact) mass is 323 g/mol. The van der Waals surface area contributed by atoms with Crippen molar-refractivity contribution in [2.24, 2.45) is 0 Å². The van der Waals surface area contributed by atoms with E-state index in [1.165, 1.54) is 11.1 Å². The molecule has 4 nitrogen and oxygen atoms in total. The molecule has 21 heavy (non-hydrogen) atoms. The van der Waals surface area contributed by atoms with E-state index in [-0.39, 0.29) is 12.1 Å². The molecule has 0 atom stereocenters. The highest BCUT2D eigenvalue weighted by molar-refractivity contribution is 6.35. The molecule has 1 heterocycles. The largest absolute Gasteiger partial charge is 0.381 e. The van der Waals surface area contributed by atoms with Crippen LogP contribution in [0.5, 0.6) is 0 Å². The van der Waals surface area contributed by atoms with Gasteiger partial charge in [-0.05, 0) is 31.4 Å². The van der Waals surface area contributed by atoms with E-state index in [9.17, 15) is 4.79 Å². The first kappa shape index (κ1) is 14.4. The summed E-state index contributed by atoms with van der Waals surface area (Å²) in [5.74, 6) is 0. The summed E-state index contributed by atoms with van der Waals surface area (Å²) >= 11 is 12.2. The Morgan fingerprint density at radius 1 is 1.29 bits per heavy atom. The zero-order valence-electron chi connectivity index (χ0n) is 11.4. The van der Waals surface area contributed by atoms with Crippen LogP contribution < -0.4 is 10.9 Å². The minimum absolute atomic E-state index is 0.171. The van der Waals surface area contributed by atoms with Gasteiger partial charge in [0.15, 0.2) is 0 Å². The fourth-order valence-corrected chi connectivity index (χ4v) is 2.77. The van der Waals surface area contributed by atoms with E-state index >= 15 is 0 Å². The van der Waals surface area contributed by atoms with E-state index in [0.29, 0.717) is 21.7 Å². The van der Waals surface area contributed by atoms with Crippen LogP contribution in [0.3, 0.4) is 0 Å². The molecule has 0 aliphatic heterocycles. The number of nitrogens with one attached hydrogen (secondary N) is 1. The lowest BCUT2D eigenvalue weighted by Gasteiger charge is -2.27. The van der Waals surface area contributed by atoms with Crippen LogP contribution in [0, 0.1) is 0 Å². The van der Waals surface area contributed by atoms with Crippen molar-refractivity contribution in [1.82, 2.24) is 9.78 Å². The highest BCUT2D eigenvalue weighted by Crippen LogP contribution is 2.25. The Bertz CT molecular complexity index is 690. The van der Waals surface area contributed by atoms with Crippen molar-refractivity contribution >= 4 is 28.9 Å². The van der Waals surface area contributed by atoms with E-state index in [1.54, 1.807) is 30.5 Å². The van der Waals surface area contributed by atoms with Gasteiger partial charge in [-0.25, -0.2) is 4.68 Å². The summed E-state index contributed by atoms with van der Waals surface area (Å²) in [5, 5.41) is 8.57. The molecule has 1 N–H and O–H groups in total. The minimum Gasteiger partial charge on any atom is -0.381 e. The van der Waals surface area contributed by atoms with E-state index in [1.807, 2.05) is 0 Å². The number of hydrogen-bond donors (Lipinski definition) is 1. The van der Waals surface area contributed by atoms with Crippen LogP contribution >= 0.6 is 23.2 Å². The zero-order chi connectivity index (χ0) is 14.8. The quantitative estimate of drug-likeness (QED) is 0.935. The number of halogens is 2. The van der Waals surface area contributed by atoms with Gasteiger partial charge < -0.3 is 5.32 Å². The molecule has 1 aromatic heterocycles. The van der Waals surface area contributed by atoms with Gasteiger partial charge in [-0.1, -0.05) is 29.3 Å². The maximum atomic E-state index is 12.1. The first-order chi connectivity index (χ1) is 10.1. The van der Waals surface area contributed by atoms with Crippen LogP contribution in [-0.2, 0) is 6.54 Å². The maximum Gasteiger partial charge on any atom is 0.269 e. The molecule has 3 rings (SSSR count). The number of hydrogen-bond acceptors (Lipinski definition) is 3. The van der Waals surface area contributed by atoms with E-state index < -0.39 is 0 Å². The Morgan fingerprint density at radius 3 is 2.57 bits per heavy atom. The van der Waals surface area contributed by atoms with Gasteiger partial charge in [0.25, 0.3) is 5.56 Å². The van der Waals surface area contributed by atoms with Gasteiger partial charge in [0.2, 0.25) is 0 Å². The molecule has 1 aliphatic rings. The molecule has 1 aliphatic carbocycles. The lowest BCUT2D eigenvalue weighted by Crippen LogP contribution is -2.29. The van der Waals surface area contributed by atoms with Crippen LogP contribution in [0.1, 0.15) is 24.8 Å². The van der Waals surface area contributed by atoms with Crippen LogP contribution in [0.25, 0.3) is 0 Å². The summed E-state index contributed by atoms with van der Waals surface area (Å²) in [7, 11) is 0. The summed E-state index contributed by atoms with van der Waals surface area (Å²) in [5.41, 5.74) is 1.30. The number of anilines is 1. The summed E-state index contributed by atoms with van der Waals surface area (Å²) in [4.78, 5) is 12.1. The van der Waals surface area contributed by atoms with E-state index in [4.69, 9.17) is 23.2 Å². The lowest BCUT2D eigenvalue weighted by atomic mass is 9.93. The Hall–Kier alpha value is -1.52. The topological polar surface area (TPSA) is 46.9 Å². The van der Waals surface area contributed by atoms with Gasteiger partial charge in [0, 0.05) is 27.7 Å². The summed E-state index contributed by atoms with van der Waals surface area (Å²) < 4.78 is 1.36. The van der Waals surface area contributed by atoms with Crippen LogP contribution in [-0.4, -0.2) is 15.8 Å². The standard InChI is InChI=1S/C15H15Cl2N3O/c16-13-5-2-6-14(17)12(13)9-20-15(21)7-11(8-18-20)19-10-3-1-4-10/h2,5-8,10,19H,1,3-4,9H2. The third-order valence-corrected chi connectivity index (χ3v) is 4.42. The first-order valence-electron chi connectivity index (χ1n) is 6.90. The average molecular weight is 324 g/mol. The fraction of sp³-hybridized carbons (Fsp3) is 0.333. The van der Waals surface area contributed by atoms with Crippen molar-refractivity contribution in [1.29, 1.82) is 0 Å². The molecule has 110 valence electrons. The molecule has 2 aromatic rings. The van der Waals surface area contributed by atoms with Gasteiger partial charge in [-0.15, -0.1) is 0 Å². The fourth-order valence-electron chi connectivity index (χ4n) is 2.25. The van der Waals surface area contributed by atoms with Crippen molar-refractivity contribution in [3.05, 3.63) is 56.4 Å². The molecule has 0 bridgehead atoms. The second kappa shape index (κ2) is 6.08. The van der Waals surface area contributed by atoms with Gasteiger partial charge >= 0.3 is 0 Å². The van der Waals surface area contributed by atoms with Crippen LogP contribution in [0.15, 0.2) is 35.3 Å². The Morgan fingerprint density at radius 2 is 2.00 bits per heavy atom. The van der Waals surface area contributed by atoms with Gasteiger partial charge in [0.05, 0.1) is 18.4 Å². The zero-order valence-corrected chi connectivity index (χ0v) is 12.9. The first-order valence-corrected chi connectivity index (χ1v) is 7.65. The molecule has 0 saturated heterocycles. The number of benzene rings is 1. The van der Waals surface area contributed by atoms with Gasteiger partial charge in [-0.3, -0.25) is 4.79 Å². The minimum atomic E-state index is -0.171.